The fourth-order valence-electron chi connectivity index (χ4n) is 2.66. The molecular formula is C19H18ClN3O3S. The lowest BCUT2D eigenvalue weighted by molar-refractivity contribution is -0.116. The standard InChI is InChI=1S/C19H18ClN3O3S/c1-13-8-9-15(20)11-16(13)22-18(24)12-23(2)27(25,26)17-7-3-5-14-6-4-10-21-19(14)17/h3-11H,12H2,1-2H3,(H,22,24). The van der Waals surface area contributed by atoms with Crippen molar-refractivity contribution in [1.82, 2.24) is 9.29 Å². The zero-order valence-corrected chi connectivity index (χ0v) is 16.4. The van der Waals surface area contributed by atoms with E-state index in [4.69, 9.17) is 11.6 Å². The highest BCUT2D eigenvalue weighted by Crippen LogP contribution is 2.24. The van der Waals surface area contributed by atoms with Crippen LogP contribution in [0.5, 0.6) is 0 Å². The van der Waals surface area contributed by atoms with Crippen LogP contribution in [-0.2, 0) is 14.8 Å². The molecule has 0 spiro atoms. The maximum absolute atomic E-state index is 12.9. The van der Waals surface area contributed by atoms with Gasteiger partial charge in [0.25, 0.3) is 0 Å². The number of fused-ring (bicyclic) bond motifs is 1. The summed E-state index contributed by atoms with van der Waals surface area (Å²) in [4.78, 5) is 16.6. The van der Waals surface area contributed by atoms with Gasteiger partial charge in [-0.25, -0.2) is 8.42 Å². The van der Waals surface area contributed by atoms with E-state index in [2.05, 4.69) is 10.3 Å². The molecule has 1 aromatic heterocycles. The molecular weight excluding hydrogens is 386 g/mol. The summed E-state index contributed by atoms with van der Waals surface area (Å²) in [6.07, 6.45) is 1.54. The summed E-state index contributed by atoms with van der Waals surface area (Å²) in [5.41, 5.74) is 1.75. The second-order valence-electron chi connectivity index (χ2n) is 6.10. The van der Waals surface area contributed by atoms with E-state index in [1.54, 1.807) is 42.5 Å². The third kappa shape index (κ3) is 4.10. The number of aryl methyl sites for hydroxylation is 1. The van der Waals surface area contributed by atoms with Gasteiger partial charge in [0, 0.05) is 29.3 Å². The van der Waals surface area contributed by atoms with Gasteiger partial charge in [0.2, 0.25) is 15.9 Å². The first-order chi connectivity index (χ1) is 12.8. The summed E-state index contributed by atoms with van der Waals surface area (Å²) in [7, 11) is -2.52. The Morgan fingerprint density at radius 2 is 1.93 bits per heavy atom. The predicted octanol–water partition coefficient (Wildman–Crippen LogP) is 3.46. The van der Waals surface area contributed by atoms with Crippen LogP contribution >= 0.6 is 11.6 Å². The molecule has 3 aromatic rings. The molecule has 0 aliphatic carbocycles. The Labute approximate surface area is 162 Å². The Bertz CT molecular complexity index is 1110. The number of halogens is 1. The maximum atomic E-state index is 12.9. The second kappa shape index (κ2) is 7.64. The molecule has 0 saturated heterocycles. The van der Waals surface area contributed by atoms with E-state index in [0.717, 1.165) is 9.87 Å². The number of para-hydroxylation sites is 1. The van der Waals surface area contributed by atoms with Crippen molar-refractivity contribution in [3.05, 3.63) is 65.3 Å². The van der Waals surface area contributed by atoms with E-state index < -0.39 is 15.9 Å². The van der Waals surface area contributed by atoms with E-state index in [1.165, 1.54) is 19.3 Å². The Kier molecular flexibility index (Phi) is 5.46. The van der Waals surface area contributed by atoms with E-state index in [9.17, 15) is 13.2 Å². The number of carbonyl (C=O) groups excluding carboxylic acids is 1. The van der Waals surface area contributed by atoms with Crippen LogP contribution in [0.1, 0.15) is 5.56 Å². The molecule has 0 aliphatic rings. The normalized spacial score (nSPS) is 11.7. The molecule has 0 fully saturated rings. The van der Waals surface area contributed by atoms with E-state index >= 15 is 0 Å². The van der Waals surface area contributed by atoms with Crippen molar-refractivity contribution in [2.24, 2.45) is 0 Å². The molecule has 6 nitrogen and oxygen atoms in total. The molecule has 1 heterocycles. The van der Waals surface area contributed by atoms with Crippen molar-refractivity contribution < 1.29 is 13.2 Å². The Hall–Kier alpha value is -2.48. The average molecular weight is 404 g/mol. The number of pyridine rings is 1. The van der Waals surface area contributed by atoms with Gasteiger partial charge < -0.3 is 5.32 Å². The number of nitrogens with one attached hydrogen (secondary N) is 1. The summed E-state index contributed by atoms with van der Waals surface area (Å²) in [6, 6.07) is 13.6. The summed E-state index contributed by atoms with van der Waals surface area (Å²) in [5, 5.41) is 3.90. The van der Waals surface area contributed by atoms with Crippen LogP contribution in [0.3, 0.4) is 0 Å². The van der Waals surface area contributed by atoms with Crippen molar-refractivity contribution >= 4 is 44.1 Å². The minimum Gasteiger partial charge on any atom is -0.325 e. The van der Waals surface area contributed by atoms with Gasteiger partial charge in [0.1, 0.15) is 4.90 Å². The molecule has 8 heteroatoms. The van der Waals surface area contributed by atoms with Crippen LogP contribution in [0, 0.1) is 6.92 Å². The van der Waals surface area contributed by atoms with Gasteiger partial charge in [-0.15, -0.1) is 0 Å². The zero-order valence-electron chi connectivity index (χ0n) is 14.8. The minimum absolute atomic E-state index is 0.0647. The monoisotopic (exact) mass is 403 g/mol. The first kappa shape index (κ1) is 19.3. The van der Waals surface area contributed by atoms with Gasteiger partial charge in [-0.05, 0) is 36.8 Å². The van der Waals surface area contributed by atoms with Gasteiger partial charge >= 0.3 is 0 Å². The van der Waals surface area contributed by atoms with Crippen LogP contribution in [0.25, 0.3) is 10.9 Å². The molecule has 0 saturated carbocycles. The van der Waals surface area contributed by atoms with E-state index in [-0.39, 0.29) is 11.4 Å². The topological polar surface area (TPSA) is 79.4 Å². The molecule has 0 bridgehead atoms. The molecule has 1 N–H and O–H groups in total. The average Bonchev–Trinajstić information content (AvgIpc) is 2.64. The SMILES string of the molecule is Cc1ccc(Cl)cc1NC(=O)CN(C)S(=O)(=O)c1cccc2cccnc12. The molecule has 27 heavy (non-hydrogen) atoms. The molecule has 0 unspecified atom stereocenters. The molecule has 0 aliphatic heterocycles. The highest BCUT2D eigenvalue weighted by molar-refractivity contribution is 7.89. The summed E-state index contributed by atoms with van der Waals surface area (Å²) < 4.78 is 26.9. The number of hydrogen-bond acceptors (Lipinski definition) is 4. The van der Waals surface area contributed by atoms with Gasteiger partial charge in [-0.1, -0.05) is 35.9 Å². The Balaban J connectivity index is 1.83. The largest absolute Gasteiger partial charge is 0.325 e. The van der Waals surface area contributed by atoms with Crippen LogP contribution in [0.4, 0.5) is 5.69 Å². The number of anilines is 1. The number of sulfonamides is 1. The lowest BCUT2D eigenvalue weighted by atomic mass is 10.2. The van der Waals surface area contributed by atoms with Gasteiger partial charge in [0.15, 0.2) is 0 Å². The molecule has 2 aromatic carbocycles. The summed E-state index contributed by atoms with van der Waals surface area (Å²) in [5.74, 6) is -0.459. The number of rotatable bonds is 5. The third-order valence-corrected chi connectivity index (χ3v) is 6.19. The number of hydrogen-bond donors (Lipinski definition) is 1. The summed E-state index contributed by atoms with van der Waals surface area (Å²) >= 11 is 5.95. The number of likely N-dealkylation sites (N-methyl/N-ethyl adjacent to an activating group) is 1. The van der Waals surface area contributed by atoms with Crippen molar-refractivity contribution in [2.75, 3.05) is 18.9 Å². The fourth-order valence-corrected chi connectivity index (χ4v) is 4.12. The Morgan fingerprint density at radius 1 is 1.19 bits per heavy atom. The highest BCUT2D eigenvalue weighted by Gasteiger charge is 2.25. The summed E-state index contributed by atoms with van der Waals surface area (Å²) in [6.45, 7) is 1.49. The van der Waals surface area contributed by atoms with Crippen molar-refractivity contribution in [2.45, 2.75) is 11.8 Å². The smallest absolute Gasteiger partial charge is 0.245 e. The van der Waals surface area contributed by atoms with Gasteiger partial charge in [0.05, 0.1) is 12.1 Å². The minimum atomic E-state index is -3.89. The lowest BCUT2D eigenvalue weighted by Crippen LogP contribution is -2.35. The highest BCUT2D eigenvalue weighted by atomic mass is 35.5. The third-order valence-electron chi connectivity index (χ3n) is 4.12. The van der Waals surface area contributed by atoms with Crippen LogP contribution in [0.2, 0.25) is 5.02 Å². The number of nitrogens with zero attached hydrogens (tertiary/aromatic N) is 2. The van der Waals surface area contributed by atoms with Crippen molar-refractivity contribution in [1.29, 1.82) is 0 Å². The number of amides is 1. The zero-order chi connectivity index (χ0) is 19.6. The number of carbonyl (C=O) groups is 1. The number of benzene rings is 2. The van der Waals surface area contributed by atoms with E-state index in [1.807, 2.05) is 6.92 Å². The molecule has 3 rings (SSSR count). The van der Waals surface area contributed by atoms with Crippen molar-refractivity contribution in [3.63, 3.8) is 0 Å². The van der Waals surface area contributed by atoms with Crippen molar-refractivity contribution in [3.8, 4) is 0 Å². The number of aromatic nitrogens is 1. The maximum Gasteiger partial charge on any atom is 0.245 e. The second-order valence-corrected chi connectivity index (χ2v) is 8.55. The Morgan fingerprint density at radius 3 is 2.70 bits per heavy atom. The lowest BCUT2D eigenvalue weighted by Gasteiger charge is -2.18. The van der Waals surface area contributed by atoms with Crippen LogP contribution in [-0.4, -0.2) is 37.2 Å². The van der Waals surface area contributed by atoms with Crippen LogP contribution < -0.4 is 5.32 Å². The van der Waals surface area contributed by atoms with Crippen LogP contribution in [0.15, 0.2) is 59.6 Å². The van der Waals surface area contributed by atoms with E-state index in [0.29, 0.717) is 21.6 Å². The molecule has 0 radical (unpaired) electrons. The molecule has 0 atom stereocenters. The van der Waals surface area contributed by atoms with Gasteiger partial charge in [-0.3, -0.25) is 9.78 Å². The first-order valence-corrected chi connectivity index (χ1v) is 9.97. The quantitative estimate of drug-likeness (QED) is 0.707. The molecule has 140 valence electrons. The predicted molar refractivity (Wildman–Crippen MR) is 106 cm³/mol. The first-order valence-electron chi connectivity index (χ1n) is 8.15. The molecule has 1 amide bonds. The van der Waals surface area contributed by atoms with Gasteiger partial charge in [-0.2, -0.15) is 4.31 Å². The fraction of sp³-hybridized carbons (Fsp3) is 0.158.